The Balaban J connectivity index is 1.54. The predicted molar refractivity (Wildman–Crippen MR) is 103 cm³/mol. The van der Waals surface area contributed by atoms with Crippen LogP contribution in [0.3, 0.4) is 0 Å². The fourth-order valence-electron chi connectivity index (χ4n) is 3.18. The molecule has 6 heteroatoms. The number of hydrogen-bond donors (Lipinski definition) is 0. The van der Waals surface area contributed by atoms with Crippen LogP contribution in [0.15, 0.2) is 54.6 Å². The van der Waals surface area contributed by atoms with Crippen LogP contribution >= 0.6 is 11.6 Å². The van der Waals surface area contributed by atoms with Crippen molar-refractivity contribution in [3.8, 4) is 17.0 Å². The lowest BCUT2D eigenvalue weighted by atomic mass is 10.0. The number of halogens is 2. The van der Waals surface area contributed by atoms with E-state index in [1.807, 2.05) is 18.2 Å². The molecule has 0 bridgehead atoms. The molecular formula is C21H17ClFN2O2-. The summed E-state index contributed by atoms with van der Waals surface area (Å²) in [7, 11) is 0. The van der Waals surface area contributed by atoms with E-state index in [2.05, 4.69) is 4.98 Å². The van der Waals surface area contributed by atoms with Crippen LogP contribution in [0.5, 0.6) is 5.88 Å². The normalized spacial score (nSPS) is 14.0. The Hall–Kier alpha value is -2.47. The Morgan fingerprint density at radius 3 is 2.74 bits per heavy atom. The third-order valence-corrected chi connectivity index (χ3v) is 5.05. The first-order valence-electron chi connectivity index (χ1n) is 8.68. The average Bonchev–Trinajstić information content (AvgIpc) is 2.68. The summed E-state index contributed by atoms with van der Waals surface area (Å²) in [5.41, 5.74) is 3.67. The van der Waals surface area contributed by atoms with Crippen molar-refractivity contribution in [2.24, 2.45) is 0 Å². The number of nitrogens with zero attached hydrogens (tertiary/aromatic N) is 2. The molecule has 4 rings (SSSR count). The van der Waals surface area contributed by atoms with Gasteiger partial charge in [0.1, 0.15) is 12.4 Å². The first-order chi connectivity index (χ1) is 13.1. The van der Waals surface area contributed by atoms with Crippen molar-refractivity contribution in [3.05, 3.63) is 87.5 Å². The van der Waals surface area contributed by atoms with Gasteiger partial charge in [-0.25, -0.2) is 9.37 Å². The molecule has 1 aromatic heterocycles. The van der Waals surface area contributed by atoms with Crippen molar-refractivity contribution in [2.75, 3.05) is 6.54 Å². The molecule has 138 valence electrons. The lowest BCUT2D eigenvalue weighted by Gasteiger charge is -2.33. The second-order valence-electron chi connectivity index (χ2n) is 6.42. The Morgan fingerprint density at radius 1 is 1.07 bits per heavy atom. The van der Waals surface area contributed by atoms with E-state index in [0.717, 1.165) is 21.9 Å². The summed E-state index contributed by atoms with van der Waals surface area (Å²) < 4.78 is 19.9. The Morgan fingerprint density at radius 2 is 1.89 bits per heavy atom. The monoisotopic (exact) mass is 383 g/mol. The van der Waals surface area contributed by atoms with E-state index in [1.165, 1.54) is 6.07 Å². The van der Waals surface area contributed by atoms with Crippen molar-refractivity contribution in [3.63, 3.8) is 0 Å². The molecule has 0 radical (unpaired) electrons. The van der Waals surface area contributed by atoms with Crippen LogP contribution in [-0.2, 0) is 19.6 Å². The third-order valence-electron chi connectivity index (χ3n) is 4.61. The van der Waals surface area contributed by atoms with E-state index in [9.17, 15) is 9.60 Å². The fraction of sp³-hybridized carbons (Fsp3) is 0.190. The summed E-state index contributed by atoms with van der Waals surface area (Å²) >= 11 is 6.51. The van der Waals surface area contributed by atoms with Gasteiger partial charge in [-0.15, -0.1) is 0 Å². The number of hydrogen-bond acceptors (Lipinski definition) is 4. The molecule has 4 nitrogen and oxygen atoms in total. The first-order valence-corrected chi connectivity index (χ1v) is 9.05. The molecular weight excluding hydrogens is 367 g/mol. The second kappa shape index (κ2) is 7.64. The highest BCUT2D eigenvalue weighted by molar-refractivity contribution is 6.34. The number of rotatable bonds is 4. The Kier molecular flexibility index (Phi) is 5.07. The van der Waals surface area contributed by atoms with E-state index < -0.39 is 0 Å². The lowest BCUT2D eigenvalue weighted by molar-refractivity contribution is 0.289. The van der Waals surface area contributed by atoms with E-state index >= 15 is 0 Å². The summed E-state index contributed by atoms with van der Waals surface area (Å²) in [5, 5.41) is 12.9. The van der Waals surface area contributed by atoms with Crippen LogP contribution in [0.2, 0.25) is 5.02 Å². The van der Waals surface area contributed by atoms with Crippen LogP contribution < -0.4 is 4.74 Å². The molecule has 0 atom stereocenters. The lowest BCUT2D eigenvalue weighted by Crippen LogP contribution is -2.25. The highest BCUT2D eigenvalue weighted by atomic mass is 35.5. The molecule has 0 spiro atoms. The molecule has 0 aliphatic carbocycles. The minimum Gasteiger partial charge on any atom is -0.785 e. The summed E-state index contributed by atoms with van der Waals surface area (Å²) in [6.07, 6.45) is 0.611. The van der Waals surface area contributed by atoms with E-state index in [-0.39, 0.29) is 12.4 Å². The van der Waals surface area contributed by atoms with E-state index in [1.54, 1.807) is 30.3 Å². The molecule has 0 N–H and O–H groups in total. The van der Waals surface area contributed by atoms with Gasteiger partial charge in [-0.3, -0.25) is 0 Å². The molecule has 0 saturated carbocycles. The second-order valence-corrected chi connectivity index (χ2v) is 6.79. The SMILES string of the molecule is [O-]N1CCc2nc(OCc3cccc(-c4ccccc4F)c3Cl)ccc2C1. The smallest absolute Gasteiger partial charge is 0.213 e. The van der Waals surface area contributed by atoms with Gasteiger partial charge in [0.25, 0.3) is 0 Å². The van der Waals surface area contributed by atoms with E-state index in [0.29, 0.717) is 41.5 Å². The minimum absolute atomic E-state index is 0.223. The van der Waals surface area contributed by atoms with Crippen molar-refractivity contribution in [1.82, 2.24) is 10.0 Å². The number of pyridine rings is 1. The molecule has 1 aliphatic rings. The van der Waals surface area contributed by atoms with Gasteiger partial charge >= 0.3 is 0 Å². The predicted octanol–water partition coefficient (Wildman–Crippen LogP) is 4.98. The number of benzene rings is 2. The molecule has 2 heterocycles. The highest BCUT2D eigenvalue weighted by Gasteiger charge is 2.14. The van der Waals surface area contributed by atoms with Crippen LogP contribution in [0, 0.1) is 11.0 Å². The maximum Gasteiger partial charge on any atom is 0.213 e. The summed E-state index contributed by atoms with van der Waals surface area (Å²) in [6, 6.07) is 15.6. The van der Waals surface area contributed by atoms with Crippen molar-refractivity contribution in [2.45, 2.75) is 19.6 Å². The molecule has 0 unspecified atom stereocenters. The van der Waals surface area contributed by atoms with Gasteiger partial charge in [0.15, 0.2) is 0 Å². The minimum atomic E-state index is -0.318. The summed E-state index contributed by atoms with van der Waals surface area (Å²) in [5.74, 6) is 0.168. The van der Waals surface area contributed by atoms with Gasteiger partial charge in [-0.2, -0.15) is 0 Å². The first kappa shape index (κ1) is 17.9. The zero-order valence-corrected chi connectivity index (χ0v) is 15.2. The van der Waals surface area contributed by atoms with Crippen molar-refractivity contribution < 1.29 is 9.13 Å². The molecule has 3 aromatic rings. The van der Waals surface area contributed by atoms with Crippen LogP contribution in [-0.4, -0.2) is 16.6 Å². The maximum absolute atomic E-state index is 14.1. The van der Waals surface area contributed by atoms with Gasteiger partial charge in [-0.1, -0.05) is 54.1 Å². The number of aromatic nitrogens is 1. The summed E-state index contributed by atoms with van der Waals surface area (Å²) in [4.78, 5) is 4.50. The topological polar surface area (TPSA) is 48.4 Å². The van der Waals surface area contributed by atoms with Crippen LogP contribution in [0.4, 0.5) is 4.39 Å². The average molecular weight is 384 g/mol. The van der Waals surface area contributed by atoms with Crippen LogP contribution in [0.25, 0.3) is 11.1 Å². The molecule has 0 fully saturated rings. The zero-order chi connectivity index (χ0) is 18.8. The third kappa shape index (κ3) is 3.81. The number of hydroxylamine groups is 2. The van der Waals surface area contributed by atoms with Crippen molar-refractivity contribution >= 4 is 11.6 Å². The molecule has 1 aliphatic heterocycles. The van der Waals surface area contributed by atoms with E-state index in [4.69, 9.17) is 16.3 Å². The van der Waals surface area contributed by atoms with Crippen molar-refractivity contribution in [1.29, 1.82) is 0 Å². The maximum atomic E-state index is 14.1. The Bertz CT molecular complexity index is 980. The number of fused-ring (bicyclic) bond motifs is 1. The number of ether oxygens (including phenoxy) is 1. The van der Waals surface area contributed by atoms with Gasteiger partial charge in [0, 0.05) is 35.7 Å². The fourth-order valence-corrected chi connectivity index (χ4v) is 3.46. The van der Waals surface area contributed by atoms with Gasteiger partial charge in [-0.05, 0) is 18.2 Å². The summed E-state index contributed by atoms with van der Waals surface area (Å²) in [6.45, 7) is 1.03. The Labute approximate surface area is 161 Å². The quantitative estimate of drug-likeness (QED) is 0.637. The van der Waals surface area contributed by atoms with Gasteiger partial charge in [0.05, 0.1) is 10.7 Å². The van der Waals surface area contributed by atoms with Gasteiger partial charge < -0.3 is 15.0 Å². The molecule has 0 amide bonds. The highest BCUT2D eigenvalue weighted by Crippen LogP contribution is 2.33. The molecule has 0 saturated heterocycles. The largest absolute Gasteiger partial charge is 0.785 e. The molecule has 2 aromatic carbocycles. The van der Waals surface area contributed by atoms with Gasteiger partial charge in [0.2, 0.25) is 5.88 Å². The standard InChI is InChI=1S/C21H17ClFN2O2/c22-21-15(4-3-6-17(21)16-5-1-2-7-18(16)23)13-27-20-9-8-14-12-25(26)11-10-19(14)24-20/h1-9H,10-13H2/q-1. The zero-order valence-electron chi connectivity index (χ0n) is 14.5. The van der Waals surface area contributed by atoms with Crippen LogP contribution in [0.1, 0.15) is 16.8 Å². The molecule has 27 heavy (non-hydrogen) atoms.